The molecule has 1 unspecified atom stereocenters. The van der Waals surface area contributed by atoms with E-state index in [0.717, 1.165) is 18.7 Å². The first-order chi connectivity index (χ1) is 8.00. The molecule has 5 heteroatoms. The highest BCUT2D eigenvalue weighted by molar-refractivity contribution is 7.09. The van der Waals surface area contributed by atoms with Gasteiger partial charge in [0.1, 0.15) is 0 Å². The van der Waals surface area contributed by atoms with Gasteiger partial charge < -0.3 is 10.6 Å². The molecule has 1 heterocycles. The molecule has 1 aromatic rings. The van der Waals surface area contributed by atoms with Crippen molar-refractivity contribution in [1.82, 2.24) is 15.6 Å². The Labute approximate surface area is 107 Å². The molecule has 1 aromatic heterocycles. The lowest BCUT2D eigenvalue weighted by Gasteiger charge is -2.15. The Morgan fingerprint density at radius 3 is 2.71 bits per heavy atom. The van der Waals surface area contributed by atoms with Gasteiger partial charge in [-0.05, 0) is 34.1 Å². The summed E-state index contributed by atoms with van der Waals surface area (Å²) in [5.41, 5.74) is 2.95. The van der Waals surface area contributed by atoms with Crippen molar-refractivity contribution in [2.45, 2.75) is 46.2 Å². The fraction of sp³-hybridized carbons (Fsp3) is 0.667. The second-order valence-corrected chi connectivity index (χ2v) is 5.39. The van der Waals surface area contributed by atoms with E-state index in [1.54, 1.807) is 11.3 Å². The summed E-state index contributed by atoms with van der Waals surface area (Å²) < 4.78 is 0. The van der Waals surface area contributed by atoms with Crippen molar-refractivity contribution < 1.29 is 4.79 Å². The third-order valence-corrected chi connectivity index (χ3v) is 3.47. The smallest absolute Gasteiger partial charge is 0.237 e. The lowest BCUT2D eigenvalue weighted by Crippen LogP contribution is -2.45. The van der Waals surface area contributed by atoms with Gasteiger partial charge in [0, 0.05) is 17.5 Å². The molecule has 96 valence electrons. The Kier molecular flexibility index (Phi) is 5.58. The minimum atomic E-state index is -0.148. The maximum atomic E-state index is 11.6. The van der Waals surface area contributed by atoms with E-state index < -0.39 is 0 Å². The number of carbonyl (C=O) groups excluding carboxylic acids is 1. The van der Waals surface area contributed by atoms with Gasteiger partial charge in [0.2, 0.25) is 5.91 Å². The molecular weight excluding hydrogens is 234 g/mol. The van der Waals surface area contributed by atoms with Crippen LogP contribution in [-0.2, 0) is 11.2 Å². The van der Waals surface area contributed by atoms with Gasteiger partial charge in [0.15, 0.2) is 0 Å². The molecule has 2 N–H and O–H groups in total. The van der Waals surface area contributed by atoms with Crippen LogP contribution in [0.4, 0.5) is 0 Å². The highest BCUT2D eigenvalue weighted by Crippen LogP contribution is 2.11. The molecular formula is C12H21N3OS. The number of carbonyl (C=O) groups is 1. The zero-order chi connectivity index (χ0) is 12.8. The summed E-state index contributed by atoms with van der Waals surface area (Å²) in [5, 5.41) is 6.11. The van der Waals surface area contributed by atoms with Gasteiger partial charge in [-0.25, -0.2) is 4.98 Å². The second-order valence-electron chi connectivity index (χ2n) is 4.45. The molecule has 0 aliphatic carbocycles. The molecule has 0 spiro atoms. The van der Waals surface area contributed by atoms with Crippen LogP contribution in [-0.4, -0.2) is 29.5 Å². The van der Waals surface area contributed by atoms with E-state index in [2.05, 4.69) is 15.6 Å². The third kappa shape index (κ3) is 4.83. The molecule has 0 fully saturated rings. The predicted octanol–water partition coefficient (Wildman–Crippen LogP) is 1.50. The largest absolute Gasteiger partial charge is 0.353 e. The molecule has 0 aliphatic heterocycles. The number of hydrogen-bond acceptors (Lipinski definition) is 4. The van der Waals surface area contributed by atoms with E-state index in [1.807, 2.05) is 33.2 Å². The summed E-state index contributed by atoms with van der Waals surface area (Å²) in [7, 11) is 0. The van der Waals surface area contributed by atoms with Crippen molar-refractivity contribution in [3.05, 3.63) is 16.1 Å². The van der Waals surface area contributed by atoms with Crippen molar-refractivity contribution in [3.63, 3.8) is 0 Å². The third-order valence-electron chi connectivity index (χ3n) is 2.47. The van der Waals surface area contributed by atoms with Crippen LogP contribution in [0.25, 0.3) is 0 Å². The van der Waals surface area contributed by atoms with Crippen LogP contribution in [0.3, 0.4) is 0 Å². The zero-order valence-corrected chi connectivity index (χ0v) is 11.7. The fourth-order valence-electron chi connectivity index (χ4n) is 1.47. The highest BCUT2D eigenvalue weighted by Gasteiger charge is 2.12. The summed E-state index contributed by atoms with van der Waals surface area (Å²) in [5.74, 6) is 0.0565. The maximum absolute atomic E-state index is 11.6. The monoisotopic (exact) mass is 255 g/mol. The Morgan fingerprint density at radius 2 is 2.18 bits per heavy atom. The molecule has 4 nitrogen and oxygen atoms in total. The average molecular weight is 255 g/mol. The van der Waals surface area contributed by atoms with Crippen LogP contribution in [0.1, 0.15) is 31.3 Å². The molecule has 1 rings (SSSR count). The Bertz CT molecular complexity index is 362. The van der Waals surface area contributed by atoms with E-state index in [-0.39, 0.29) is 18.0 Å². The van der Waals surface area contributed by atoms with Crippen molar-refractivity contribution in [3.8, 4) is 0 Å². The Hall–Kier alpha value is -0.940. The predicted molar refractivity (Wildman–Crippen MR) is 71.3 cm³/mol. The summed E-state index contributed by atoms with van der Waals surface area (Å²) >= 11 is 1.67. The Balaban J connectivity index is 2.27. The topological polar surface area (TPSA) is 54.0 Å². The minimum Gasteiger partial charge on any atom is -0.353 e. The average Bonchev–Trinajstić information content (AvgIpc) is 2.63. The SMILES string of the molecule is Cc1ncsc1CCNC(C)C(=O)NC(C)C. The number of nitrogens with zero attached hydrogens (tertiary/aromatic N) is 1. The van der Waals surface area contributed by atoms with E-state index >= 15 is 0 Å². The van der Waals surface area contributed by atoms with E-state index in [9.17, 15) is 4.79 Å². The van der Waals surface area contributed by atoms with Crippen molar-refractivity contribution >= 4 is 17.2 Å². The minimum absolute atomic E-state index is 0.0565. The first-order valence-corrected chi connectivity index (χ1v) is 6.81. The maximum Gasteiger partial charge on any atom is 0.237 e. The summed E-state index contributed by atoms with van der Waals surface area (Å²) in [6, 6.07) is 0.0427. The van der Waals surface area contributed by atoms with Crippen LogP contribution >= 0.6 is 11.3 Å². The molecule has 1 atom stereocenters. The second kappa shape index (κ2) is 6.71. The molecule has 0 aliphatic rings. The molecule has 0 bridgehead atoms. The van der Waals surface area contributed by atoms with Gasteiger partial charge in [-0.1, -0.05) is 0 Å². The number of amides is 1. The van der Waals surface area contributed by atoms with Crippen LogP contribution in [0.2, 0.25) is 0 Å². The van der Waals surface area contributed by atoms with E-state index in [1.165, 1.54) is 4.88 Å². The molecule has 0 saturated carbocycles. The molecule has 0 saturated heterocycles. The van der Waals surface area contributed by atoms with Gasteiger partial charge in [-0.3, -0.25) is 4.79 Å². The zero-order valence-electron chi connectivity index (χ0n) is 10.9. The lowest BCUT2D eigenvalue weighted by molar-refractivity contribution is -0.123. The van der Waals surface area contributed by atoms with Crippen LogP contribution < -0.4 is 10.6 Å². The molecule has 0 aromatic carbocycles. The van der Waals surface area contributed by atoms with Gasteiger partial charge in [-0.2, -0.15) is 0 Å². The van der Waals surface area contributed by atoms with Gasteiger partial charge >= 0.3 is 0 Å². The number of aryl methyl sites for hydroxylation is 1. The normalized spacial score (nSPS) is 12.8. The highest BCUT2D eigenvalue weighted by atomic mass is 32.1. The van der Waals surface area contributed by atoms with Gasteiger partial charge in [0.05, 0.1) is 17.2 Å². The number of hydrogen-bond donors (Lipinski definition) is 2. The number of thiazole rings is 1. The van der Waals surface area contributed by atoms with Crippen molar-refractivity contribution in [2.24, 2.45) is 0 Å². The molecule has 17 heavy (non-hydrogen) atoms. The summed E-state index contributed by atoms with van der Waals surface area (Å²) in [6.07, 6.45) is 0.926. The van der Waals surface area contributed by atoms with Crippen LogP contribution in [0.15, 0.2) is 5.51 Å². The number of rotatable bonds is 6. The fourth-order valence-corrected chi connectivity index (χ4v) is 2.25. The molecule has 0 radical (unpaired) electrons. The lowest BCUT2D eigenvalue weighted by atomic mass is 10.2. The summed E-state index contributed by atoms with van der Waals surface area (Å²) in [6.45, 7) is 8.63. The summed E-state index contributed by atoms with van der Waals surface area (Å²) in [4.78, 5) is 17.1. The van der Waals surface area contributed by atoms with Crippen molar-refractivity contribution in [2.75, 3.05) is 6.54 Å². The van der Waals surface area contributed by atoms with Crippen LogP contribution in [0.5, 0.6) is 0 Å². The Morgan fingerprint density at radius 1 is 1.47 bits per heavy atom. The van der Waals surface area contributed by atoms with Crippen LogP contribution in [0, 0.1) is 6.92 Å². The first kappa shape index (κ1) is 14.1. The van der Waals surface area contributed by atoms with E-state index in [4.69, 9.17) is 0 Å². The quantitative estimate of drug-likeness (QED) is 0.810. The van der Waals surface area contributed by atoms with Gasteiger partial charge in [-0.15, -0.1) is 11.3 Å². The van der Waals surface area contributed by atoms with Gasteiger partial charge in [0.25, 0.3) is 0 Å². The molecule has 1 amide bonds. The number of aromatic nitrogens is 1. The van der Waals surface area contributed by atoms with E-state index in [0.29, 0.717) is 0 Å². The first-order valence-electron chi connectivity index (χ1n) is 5.93. The standard InChI is InChI=1S/C12H21N3OS/c1-8(2)15-12(16)10(4)13-6-5-11-9(3)14-7-17-11/h7-8,10,13H,5-6H2,1-4H3,(H,15,16). The number of nitrogens with one attached hydrogen (secondary N) is 2. The van der Waals surface area contributed by atoms with Crippen molar-refractivity contribution in [1.29, 1.82) is 0 Å².